The van der Waals surface area contributed by atoms with Gasteiger partial charge in [0.1, 0.15) is 5.75 Å². The third-order valence-corrected chi connectivity index (χ3v) is 2.01. The molecule has 1 rings (SSSR count). The van der Waals surface area contributed by atoms with Crippen LogP contribution in [0.4, 0.5) is 0 Å². The van der Waals surface area contributed by atoms with Crippen molar-refractivity contribution in [2.75, 3.05) is 13.7 Å². The van der Waals surface area contributed by atoms with Crippen LogP contribution in [0.5, 0.6) is 5.75 Å². The van der Waals surface area contributed by atoms with Crippen LogP contribution in [-0.2, 0) is 0 Å². The minimum atomic E-state index is 0.0997. The lowest BCUT2D eigenvalue weighted by Gasteiger charge is -1.99. The summed E-state index contributed by atoms with van der Waals surface area (Å²) in [4.78, 5) is 0. The first-order chi connectivity index (χ1) is 7.26. The quantitative estimate of drug-likeness (QED) is 0.764. The smallest absolute Gasteiger partial charge is 0.119 e. The van der Waals surface area contributed by atoms with Crippen molar-refractivity contribution in [3.63, 3.8) is 0 Å². The van der Waals surface area contributed by atoms with Crippen molar-refractivity contribution in [1.82, 2.24) is 0 Å². The van der Waals surface area contributed by atoms with Gasteiger partial charge in [0.15, 0.2) is 0 Å². The molecule has 2 heteroatoms. The van der Waals surface area contributed by atoms with Crippen molar-refractivity contribution in [3.05, 3.63) is 47.6 Å². The van der Waals surface area contributed by atoms with Gasteiger partial charge in [-0.3, -0.25) is 0 Å². The van der Waals surface area contributed by atoms with E-state index in [1.807, 2.05) is 49.4 Å². The van der Waals surface area contributed by atoms with Crippen LogP contribution in [0.1, 0.15) is 12.5 Å². The minimum absolute atomic E-state index is 0.0997. The number of hydrogen-bond acceptors (Lipinski definition) is 2. The largest absolute Gasteiger partial charge is 0.497 e. The van der Waals surface area contributed by atoms with Gasteiger partial charge in [-0.1, -0.05) is 30.4 Å². The molecule has 0 spiro atoms. The Kier molecular flexibility index (Phi) is 4.64. The Hall–Kier alpha value is -1.54. The van der Waals surface area contributed by atoms with Gasteiger partial charge in [0.2, 0.25) is 0 Å². The fraction of sp³-hybridized carbons (Fsp3) is 0.231. The van der Waals surface area contributed by atoms with Crippen LogP contribution in [0, 0.1) is 0 Å². The highest BCUT2D eigenvalue weighted by Gasteiger charge is 1.90. The predicted molar refractivity (Wildman–Crippen MR) is 62.9 cm³/mol. The molecule has 0 heterocycles. The van der Waals surface area contributed by atoms with E-state index in [0.717, 1.165) is 16.9 Å². The lowest BCUT2D eigenvalue weighted by atomic mass is 10.2. The standard InChI is InChI=1S/C13H16O2/c1-11(10-14)5-3-6-12-7-4-8-13(9-12)15-2/h3-9,14H,10H2,1-2H3. The molecular formula is C13H16O2. The Labute approximate surface area is 90.5 Å². The lowest BCUT2D eigenvalue weighted by Crippen LogP contribution is -1.82. The molecule has 0 aliphatic rings. The second kappa shape index (κ2) is 6.04. The minimum Gasteiger partial charge on any atom is -0.497 e. The van der Waals surface area contributed by atoms with Gasteiger partial charge in [-0.2, -0.15) is 0 Å². The first-order valence-electron chi connectivity index (χ1n) is 4.85. The van der Waals surface area contributed by atoms with Crippen molar-refractivity contribution in [1.29, 1.82) is 0 Å². The molecule has 0 saturated carbocycles. The maximum Gasteiger partial charge on any atom is 0.119 e. The second-order valence-electron chi connectivity index (χ2n) is 3.31. The van der Waals surface area contributed by atoms with E-state index < -0.39 is 0 Å². The number of benzene rings is 1. The van der Waals surface area contributed by atoms with E-state index in [-0.39, 0.29) is 6.61 Å². The number of aliphatic hydroxyl groups excluding tert-OH is 1. The zero-order chi connectivity index (χ0) is 11.1. The average molecular weight is 204 g/mol. The Morgan fingerprint density at radius 1 is 1.47 bits per heavy atom. The fourth-order valence-electron chi connectivity index (χ4n) is 1.12. The van der Waals surface area contributed by atoms with Gasteiger partial charge < -0.3 is 9.84 Å². The van der Waals surface area contributed by atoms with Crippen LogP contribution in [0.2, 0.25) is 0 Å². The highest BCUT2D eigenvalue weighted by Crippen LogP contribution is 2.13. The number of aliphatic hydroxyl groups is 1. The summed E-state index contributed by atoms with van der Waals surface area (Å²) in [5, 5.41) is 8.79. The first kappa shape index (κ1) is 11.5. The molecule has 0 unspecified atom stereocenters. The zero-order valence-corrected chi connectivity index (χ0v) is 9.10. The average Bonchev–Trinajstić information content (AvgIpc) is 2.29. The monoisotopic (exact) mass is 204 g/mol. The van der Waals surface area contributed by atoms with Gasteiger partial charge >= 0.3 is 0 Å². The van der Waals surface area contributed by atoms with E-state index in [9.17, 15) is 0 Å². The number of allylic oxidation sites excluding steroid dienone is 2. The topological polar surface area (TPSA) is 29.5 Å². The summed E-state index contributed by atoms with van der Waals surface area (Å²) < 4.78 is 5.11. The molecule has 0 atom stereocenters. The molecule has 15 heavy (non-hydrogen) atoms. The number of ether oxygens (including phenoxy) is 1. The number of rotatable bonds is 4. The molecule has 0 aromatic heterocycles. The fourth-order valence-corrected chi connectivity index (χ4v) is 1.12. The van der Waals surface area contributed by atoms with Gasteiger partial charge in [-0.05, 0) is 30.2 Å². The van der Waals surface area contributed by atoms with Crippen LogP contribution in [0.25, 0.3) is 6.08 Å². The molecule has 0 radical (unpaired) electrons. The summed E-state index contributed by atoms with van der Waals surface area (Å²) in [6.45, 7) is 1.98. The molecule has 0 bridgehead atoms. The van der Waals surface area contributed by atoms with Gasteiger partial charge in [-0.25, -0.2) is 0 Å². The third-order valence-electron chi connectivity index (χ3n) is 2.01. The zero-order valence-electron chi connectivity index (χ0n) is 9.10. The lowest BCUT2D eigenvalue weighted by molar-refractivity contribution is 0.331. The highest BCUT2D eigenvalue weighted by atomic mass is 16.5. The summed E-state index contributed by atoms with van der Waals surface area (Å²) in [6, 6.07) is 7.81. The van der Waals surface area contributed by atoms with Crippen molar-refractivity contribution in [2.45, 2.75) is 6.92 Å². The van der Waals surface area contributed by atoms with E-state index >= 15 is 0 Å². The Morgan fingerprint density at radius 2 is 2.27 bits per heavy atom. The molecule has 0 fully saturated rings. The summed E-state index contributed by atoms with van der Waals surface area (Å²) in [5.74, 6) is 0.847. The number of methoxy groups -OCH3 is 1. The Bertz CT molecular complexity index is 365. The van der Waals surface area contributed by atoms with Gasteiger partial charge in [0.25, 0.3) is 0 Å². The predicted octanol–water partition coefficient (Wildman–Crippen LogP) is 2.65. The van der Waals surface area contributed by atoms with Gasteiger partial charge in [0.05, 0.1) is 13.7 Å². The van der Waals surface area contributed by atoms with Crippen molar-refractivity contribution in [3.8, 4) is 5.75 Å². The second-order valence-corrected chi connectivity index (χ2v) is 3.31. The van der Waals surface area contributed by atoms with Crippen LogP contribution in [-0.4, -0.2) is 18.8 Å². The molecule has 1 aromatic carbocycles. The molecule has 0 aliphatic heterocycles. The van der Waals surface area contributed by atoms with Crippen LogP contribution < -0.4 is 4.74 Å². The van der Waals surface area contributed by atoms with E-state index in [1.165, 1.54) is 0 Å². The molecule has 1 N–H and O–H groups in total. The first-order valence-corrected chi connectivity index (χ1v) is 4.85. The summed E-state index contributed by atoms with van der Waals surface area (Å²) >= 11 is 0. The van der Waals surface area contributed by atoms with Crippen LogP contribution in [0.15, 0.2) is 42.0 Å². The highest BCUT2D eigenvalue weighted by molar-refractivity contribution is 5.53. The van der Waals surface area contributed by atoms with E-state index in [4.69, 9.17) is 9.84 Å². The molecule has 0 amide bonds. The molecule has 80 valence electrons. The van der Waals surface area contributed by atoms with E-state index in [1.54, 1.807) is 7.11 Å². The summed E-state index contributed by atoms with van der Waals surface area (Å²) in [5.41, 5.74) is 2.02. The Balaban J connectivity index is 2.72. The summed E-state index contributed by atoms with van der Waals surface area (Å²) in [7, 11) is 1.65. The van der Waals surface area contributed by atoms with Crippen molar-refractivity contribution >= 4 is 6.08 Å². The maximum atomic E-state index is 8.79. The number of hydrogen-bond donors (Lipinski definition) is 1. The van der Waals surface area contributed by atoms with Gasteiger partial charge in [0, 0.05) is 0 Å². The maximum absolute atomic E-state index is 8.79. The molecule has 0 aliphatic carbocycles. The Morgan fingerprint density at radius 3 is 2.93 bits per heavy atom. The normalized spacial score (nSPS) is 12.1. The molecule has 0 saturated heterocycles. The van der Waals surface area contributed by atoms with Crippen LogP contribution >= 0.6 is 0 Å². The van der Waals surface area contributed by atoms with E-state index in [2.05, 4.69) is 0 Å². The molecule has 2 nitrogen and oxygen atoms in total. The van der Waals surface area contributed by atoms with Crippen molar-refractivity contribution < 1.29 is 9.84 Å². The van der Waals surface area contributed by atoms with Crippen LogP contribution in [0.3, 0.4) is 0 Å². The van der Waals surface area contributed by atoms with Gasteiger partial charge in [-0.15, -0.1) is 0 Å². The summed E-state index contributed by atoms with van der Waals surface area (Å²) in [6.07, 6.45) is 5.78. The molecule has 1 aromatic rings. The van der Waals surface area contributed by atoms with E-state index in [0.29, 0.717) is 0 Å². The SMILES string of the molecule is COc1cccc(C=CC=C(C)CO)c1. The molecular weight excluding hydrogens is 188 g/mol. The third kappa shape index (κ3) is 4.00. The van der Waals surface area contributed by atoms with Crippen molar-refractivity contribution in [2.24, 2.45) is 0 Å².